The zero-order valence-electron chi connectivity index (χ0n) is 14.3. The number of methoxy groups -OCH3 is 1. The molecule has 0 bridgehead atoms. The highest BCUT2D eigenvalue weighted by molar-refractivity contribution is 5.68. The Hall–Kier alpha value is -2.51. The van der Waals surface area contributed by atoms with E-state index in [0.717, 1.165) is 19.0 Å². The molecular formula is C17H20F3N3O2. The fourth-order valence-corrected chi connectivity index (χ4v) is 2.21. The number of hydrogen-bond donors (Lipinski definition) is 0. The number of ether oxygens (including phenoxy) is 2. The summed E-state index contributed by atoms with van der Waals surface area (Å²) in [4.78, 5) is 8.98. The van der Waals surface area contributed by atoms with Gasteiger partial charge in [0.1, 0.15) is 11.3 Å². The Labute approximate surface area is 144 Å². The molecule has 0 radical (unpaired) electrons. The van der Waals surface area contributed by atoms with Crippen molar-refractivity contribution in [3.63, 3.8) is 0 Å². The number of hydrogen-bond acceptors (Lipinski definition) is 5. The van der Waals surface area contributed by atoms with Crippen molar-refractivity contribution < 1.29 is 22.6 Å². The maximum Gasteiger partial charge on any atom is 0.421 e. The molecule has 0 N–H and O–H groups in total. The smallest absolute Gasteiger partial charge is 0.421 e. The summed E-state index contributed by atoms with van der Waals surface area (Å²) >= 11 is 0. The molecule has 1 aromatic carbocycles. The number of benzene rings is 1. The molecule has 0 unspecified atom stereocenters. The third-order valence-electron chi connectivity index (χ3n) is 3.55. The van der Waals surface area contributed by atoms with E-state index in [0.29, 0.717) is 18.0 Å². The normalized spacial score (nSPS) is 11.3. The van der Waals surface area contributed by atoms with Crippen LogP contribution in [-0.4, -0.2) is 30.7 Å². The van der Waals surface area contributed by atoms with E-state index in [4.69, 9.17) is 9.47 Å². The van der Waals surface area contributed by atoms with Crippen LogP contribution in [0.2, 0.25) is 0 Å². The number of unbranched alkanes of at least 4 members (excludes halogenated alkanes) is 1. The van der Waals surface area contributed by atoms with Crippen molar-refractivity contribution in [3.8, 4) is 11.8 Å². The van der Waals surface area contributed by atoms with Crippen molar-refractivity contribution in [2.45, 2.75) is 25.9 Å². The van der Waals surface area contributed by atoms with E-state index in [2.05, 4.69) is 9.97 Å². The summed E-state index contributed by atoms with van der Waals surface area (Å²) in [5.41, 5.74) is -0.488. The minimum absolute atomic E-state index is 0.0850. The van der Waals surface area contributed by atoms with Gasteiger partial charge in [0.2, 0.25) is 0 Å². The Morgan fingerprint density at radius 2 is 1.92 bits per heavy atom. The molecule has 25 heavy (non-hydrogen) atoms. The number of halogens is 3. The maximum absolute atomic E-state index is 13.4. The van der Waals surface area contributed by atoms with Crippen LogP contribution in [0.25, 0.3) is 0 Å². The molecule has 0 spiro atoms. The minimum atomic E-state index is -4.59. The van der Waals surface area contributed by atoms with E-state index >= 15 is 0 Å². The summed E-state index contributed by atoms with van der Waals surface area (Å²) in [5.74, 6) is 0.142. The van der Waals surface area contributed by atoms with Crippen LogP contribution < -0.4 is 14.4 Å². The van der Waals surface area contributed by atoms with Gasteiger partial charge in [-0.05, 0) is 18.6 Å². The minimum Gasteiger partial charge on any atom is -0.495 e. The van der Waals surface area contributed by atoms with Gasteiger partial charge in [0.05, 0.1) is 19.4 Å². The second kappa shape index (κ2) is 8.04. The first kappa shape index (κ1) is 18.8. The molecule has 1 heterocycles. The molecular weight excluding hydrogens is 335 g/mol. The summed E-state index contributed by atoms with van der Waals surface area (Å²) in [6.45, 7) is 2.33. The molecule has 5 nitrogen and oxygen atoms in total. The van der Waals surface area contributed by atoms with Gasteiger partial charge in [-0.25, -0.2) is 4.98 Å². The first-order valence-electron chi connectivity index (χ1n) is 7.82. The quantitative estimate of drug-likeness (QED) is 0.687. The summed E-state index contributed by atoms with van der Waals surface area (Å²) < 4.78 is 50.7. The number of rotatable bonds is 7. The molecule has 2 rings (SSSR count). The van der Waals surface area contributed by atoms with Gasteiger partial charge < -0.3 is 14.4 Å². The predicted molar refractivity (Wildman–Crippen MR) is 88.5 cm³/mol. The van der Waals surface area contributed by atoms with E-state index < -0.39 is 11.7 Å². The third-order valence-corrected chi connectivity index (χ3v) is 3.55. The number of alkyl halides is 3. The van der Waals surface area contributed by atoms with Crippen LogP contribution in [0.15, 0.2) is 30.5 Å². The lowest BCUT2D eigenvalue weighted by Gasteiger charge is -2.24. The van der Waals surface area contributed by atoms with Gasteiger partial charge in [-0.2, -0.15) is 18.2 Å². The molecule has 0 amide bonds. The van der Waals surface area contributed by atoms with Crippen molar-refractivity contribution in [1.29, 1.82) is 0 Å². The van der Waals surface area contributed by atoms with E-state index in [1.165, 1.54) is 19.1 Å². The largest absolute Gasteiger partial charge is 0.495 e. The Bertz CT molecular complexity index is 708. The van der Waals surface area contributed by atoms with Gasteiger partial charge in [0.15, 0.2) is 5.82 Å². The molecule has 0 atom stereocenters. The monoisotopic (exact) mass is 355 g/mol. The van der Waals surface area contributed by atoms with Crippen LogP contribution >= 0.6 is 0 Å². The maximum atomic E-state index is 13.4. The van der Waals surface area contributed by atoms with E-state index in [-0.39, 0.29) is 11.8 Å². The van der Waals surface area contributed by atoms with E-state index in [9.17, 15) is 13.2 Å². The van der Waals surface area contributed by atoms with Crippen molar-refractivity contribution in [1.82, 2.24) is 9.97 Å². The average molecular weight is 355 g/mol. The van der Waals surface area contributed by atoms with Crippen LogP contribution in [0.4, 0.5) is 24.7 Å². The van der Waals surface area contributed by atoms with Crippen molar-refractivity contribution in [2.75, 3.05) is 25.7 Å². The van der Waals surface area contributed by atoms with Gasteiger partial charge >= 0.3 is 12.2 Å². The molecule has 0 fully saturated rings. The fraction of sp³-hybridized carbons (Fsp3) is 0.412. The molecule has 8 heteroatoms. The van der Waals surface area contributed by atoms with Gasteiger partial charge in [0, 0.05) is 13.2 Å². The van der Waals surface area contributed by atoms with E-state index in [1.54, 1.807) is 24.3 Å². The topological polar surface area (TPSA) is 47.5 Å². The summed E-state index contributed by atoms with van der Waals surface area (Å²) in [6, 6.07) is 6.68. The zero-order chi connectivity index (χ0) is 18.4. The van der Waals surface area contributed by atoms with Crippen LogP contribution in [0.3, 0.4) is 0 Å². The van der Waals surface area contributed by atoms with Gasteiger partial charge in [-0.3, -0.25) is 0 Å². The zero-order valence-corrected chi connectivity index (χ0v) is 14.3. The van der Waals surface area contributed by atoms with E-state index in [1.807, 2.05) is 6.92 Å². The summed E-state index contributed by atoms with van der Waals surface area (Å²) in [5, 5.41) is 0. The van der Waals surface area contributed by atoms with Crippen molar-refractivity contribution in [2.24, 2.45) is 0 Å². The second-order valence-electron chi connectivity index (χ2n) is 5.32. The van der Waals surface area contributed by atoms with Gasteiger partial charge in [-0.15, -0.1) is 0 Å². The Morgan fingerprint density at radius 3 is 2.56 bits per heavy atom. The molecule has 2 aromatic rings. The summed E-state index contributed by atoms with van der Waals surface area (Å²) in [6.07, 6.45) is -2.18. The number of para-hydroxylation sites is 2. The highest BCUT2D eigenvalue weighted by Gasteiger charge is 2.37. The summed E-state index contributed by atoms with van der Waals surface area (Å²) in [7, 11) is 2.95. The highest BCUT2D eigenvalue weighted by Crippen LogP contribution is 2.39. The van der Waals surface area contributed by atoms with Crippen molar-refractivity contribution >= 4 is 11.5 Å². The first-order chi connectivity index (χ1) is 11.9. The molecule has 136 valence electrons. The van der Waals surface area contributed by atoms with Crippen LogP contribution in [0, 0.1) is 0 Å². The second-order valence-corrected chi connectivity index (χ2v) is 5.32. The lowest BCUT2D eigenvalue weighted by molar-refractivity contribution is -0.137. The highest BCUT2D eigenvalue weighted by atomic mass is 19.4. The average Bonchev–Trinajstić information content (AvgIpc) is 2.60. The number of nitrogens with zero attached hydrogens (tertiary/aromatic N) is 3. The lowest BCUT2D eigenvalue weighted by atomic mass is 10.2. The predicted octanol–water partition coefficient (Wildman–Crippen LogP) is 4.45. The van der Waals surface area contributed by atoms with Gasteiger partial charge in [-0.1, -0.05) is 25.5 Å². The molecule has 0 aliphatic carbocycles. The van der Waals surface area contributed by atoms with Gasteiger partial charge in [0.25, 0.3) is 0 Å². The Kier molecular flexibility index (Phi) is 6.06. The third kappa shape index (κ3) is 4.52. The number of aromatic nitrogens is 2. The number of anilines is 2. The molecule has 0 saturated heterocycles. The Balaban J connectivity index is 2.46. The molecule has 0 aliphatic rings. The standard InChI is InChI=1S/C17H20F3N3O2/c1-4-5-10-25-16-21-11-12(17(18,19)20)15(22-16)23(2)13-8-6-7-9-14(13)24-3/h6-9,11H,4-5,10H2,1-3H3. The lowest BCUT2D eigenvalue weighted by Crippen LogP contribution is -2.20. The first-order valence-corrected chi connectivity index (χ1v) is 7.82. The van der Waals surface area contributed by atoms with Crippen LogP contribution in [0.1, 0.15) is 25.3 Å². The van der Waals surface area contributed by atoms with Crippen LogP contribution in [-0.2, 0) is 6.18 Å². The van der Waals surface area contributed by atoms with Crippen molar-refractivity contribution in [3.05, 3.63) is 36.0 Å². The van der Waals surface area contributed by atoms with Crippen LogP contribution in [0.5, 0.6) is 11.8 Å². The SMILES string of the molecule is CCCCOc1ncc(C(F)(F)F)c(N(C)c2ccccc2OC)n1. The molecule has 0 saturated carbocycles. The molecule has 1 aromatic heterocycles. The molecule has 0 aliphatic heterocycles. The fourth-order valence-electron chi connectivity index (χ4n) is 2.21. The Morgan fingerprint density at radius 1 is 1.20 bits per heavy atom.